The molecule has 3 rings (SSSR count). The Morgan fingerprint density at radius 2 is 2.16 bits per heavy atom. The Morgan fingerprint density at radius 1 is 1.42 bits per heavy atom. The van der Waals surface area contributed by atoms with Crippen LogP contribution in [-0.2, 0) is 13.0 Å². The molecule has 2 aliphatic heterocycles. The lowest BCUT2D eigenvalue weighted by atomic mass is 10.1. The van der Waals surface area contributed by atoms with Gasteiger partial charge in [0.15, 0.2) is 5.01 Å². The molecule has 1 fully saturated rings. The van der Waals surface area contributed by atoms with Crippen molar-refractivity contribution < 1.29 is 4.79 Å². The quantitative estimate of drug-likeness (QED) is 0.799. The summed E-state index contributed by atoms with van der Waals surface area (Å²) in [5, 5.41) is 7.32. The van der Waals surface area contributed by atoms with Crippen molar-refractivity contribution >= 4 is 29.7 Å². The molecule has 7 heteroatoms. The molecule has 3 heterocycles. The van der Waals surface area contributed by atoms with E-state index in [-0.39, 0.29) is 18.3 Å². The molecule has 0 bridgehead atoms. The zero-order valence-electron chi connectivity index (χ0n) is 10.9. The van der Waals surface area contributed by atoms with Gasteiger partial charge in [-0.15, -0.1) is 23.7 Å². The van der Waals surface area contributed by atoms with Crippen molar-refractivity contribution in [2.45, 2.75) is 25.9 Å². The van der Waals surface area contributed by atoms with Crippen LogP contribution in [0.15, 0.2) is 0 Å². The molecule has 1 saturated heterocycles. The van der Waals surface area contributed by atoms with Gasteiger partial charge in [0.05, 0.1) is 5.69 Å². The number of halogens is 1. The van der Waals surface area contributed by atoms with Crippen molar-refractivity contribution in [2.24, 2.45) is 0 Å². The van der Waals surface area contributed by atoms with E-state index in [4.69, 9.17) is 0 Å². The first-order chi connectivity index (χ1) is 8.74. The molecule has 0 radical (unpaired) electrons. The molecule has 2 N–H and O–H groups in total. The topological polar surface area (TPSA) is 57.3 Å². The van der Waals surface area contributed by atoms with Crippen LogP contribution in [0, 0.1) is 0 Å². The molecule has 1 aromatic heterocycles. The predicted molar refractivity (Wildman–Crippen MR) is 78.1 cm³/mol. The Kier molecular flexibility index (Phi) is 4.78. The third kappa shape index (κ3) is 3.08. The van der Waals surface area contributed by atoms with Crippen LogP contribution in [0.2, 0.25) is 0 Å². The highest BCUT2D eigenvalue weighted by Gasteiger charge is 2.25. The fourth-order valence-corrected chi connectivity index (χ4v) is 3.41. The normalized spacial score (nSPS) is 22.6. The molecule has 2 aliphatic rings. The number of amides is 1. The van der Waals surface area contributed by atoms with Crippen LogP contribution in [0.25, 0.3) is 0 Å². The lowest BCUT2D eigenvalue weighted by Gasteiger charge is -2.26. The summed E-state index contributed by atoms with van der Waals surface area (Å²) < 4.78 is 0. The van der Waals surface area contributed by atoms with Gasteiger partial charge in [0.2, 0.25) is 0 Å². The van der Waals surface area contributed by atoms with E-state index in [1.807, 2.05) is 4.90 Å². The Bertz CT molecular complexity index is 459. The molecular formula is C12H19ClN4OS. The van der Waals surface area contributed by atoms with Crippen LogP contribution < -0.4 is 10.6 Å². The number of piperazine rings is 1. The van der Waals surface area contributed by atoms with Crippen molar-refractivity contribution in [1.82, 2.24) is 20.5 Å². The standard InChI is InChI=1S/C12H18N4OS.ClH/c1-8-6-9-10(7-14-8)18-11(15-9)12(17)16-4-2-13-3-5-16;/h8,13-14H,2-7H2,1H3;1H. The minimum Gasteiger partial charge on any atom is -0.334 e. The van der Waals surface area contributed by atoms with Gasteiger partial charge < -0.3 is 15.5 Å². The Labute approximate surface area is 123 Å². The molecule has 106 valence electrons. The average Bonchev–Trinajstić information content (AvgIpc) is 2.81. The van der Waals surface area contributed by atoms with E-state index in [1.165, 1.54) is 4.88 Å². The fourth-order valence-electron chi connectivity index (χ4n) is 2.40. The second-order valence-electron chi connectivity index (χ2n) is 4.92. The van der Waals surface area contributed by atoms with Gasteiger partial charge in [0.1, 0.15) is 0 Å². The first-order valence-corrected chi connectivity index (χ1v) is 7.27. The summed E-state index contributed by atoms with van der Waals surface area (Å²) >= 11 is 1.55. The van der Waals surface area contributed by atoms with E-state index in [9.17, 15) is 4.79 Å². The number of thiazole rings is 1. The van der Waals surface area contributed by atoms with E-state index < -0.39 is 0 Å². The van der Waals surface area contributed by atoms with Crippen molar-refractivity contribution in [3.63, 3.8) is 0 Å². The van der Waals surface area contributed by atoms with Gasteiger partial charge in [-0.1, -0.05) is 0 Å². The van der Waals surface area contributed by atoms with Crippen molar-refractivity contribution in [1.29, 1.82) is 0 Å². The third-order valence-corrected chi connectivity index (χ3v) is 4.56. The summed E-state index contributed by atoms with van der Waals surface area (Å²) in [6.45, 7) is 6.35. The van der Waals surface area contributed by atoms with Crippen molar-refractivity contribution in [3.8, 4) is 0 Å². The summed E-state index contributed by atoms with van der Waals surface area (Å²) in [7, 11) is 0. The first-order valence-electron chi connectivity index (χ1n) is 6.46. The molecule has 5 nitrogen and oxygen atoms in total. The van der Waals surface area contributed by atoms with E-state index >= 15 is 0 Å². The maximum atomic E-state index is 12.3. The number of aromatic nitrogens is 1. The van der Waals surface area contributed by atoms with Crippen LogP contribution in [0.5, 0.6) is 0 Å². The number of rotatable bonds is 1. The molecule has 0 aromatic carbocycles. The lowest BCUT2D eigenvalue weighted by molar-refractivity contribution is 0.0735. The van der Waals surface area contributed by atoms with Crippen LogP contribution in [-0.4, -0.2) is 48.0 Å². The largest absolute Gasteiger partial charge is 0.334 e. The summed E-state index contributed by atoms with van der Waals surface area (Å²) in [5.41, 5.74) is 1.12. The van der Waals surface area contributed by atoms with Gasteiger partial charge in [-0.25, -0.2) is 4.98 Å². The van der Waals surface area contributed by atoms with Gasteiger partial charge in [-0.3, -0.25) is 4.79 Å². The zero-order chi connectivity index (χ0) is 12.5. The Morgan fingerprint density at radius 3 is 2.89 bits per heavy atom. The monoisotopic (exact) mass is 302 g/mol. The second-order valence-corrected chi connectivity index (χ2v) is 6.00. The van der Waals surface area contributed by atoms with Crippen LogP contribution in [0.4, 0.5) is 0 Å². The van der Waals surface area contributed by atoms with Gasteiger partial charge in [-0.2, -0.15) is 0 Å². The fraction of sp³-hybridized carbons (Fsp3) is 0.667. The third-order valence-electron chi connectivity index (χ3n) is 3.48. The highest BCUT2D eigenvalue weighted by Crippen LogP contribution is 2.24. The van der Waals surface area contributed by atoms with Crippen molar-refractivity contribution in [2.75, 3.05) is 26.2 Å². The van der Waals surface area contributed by atoms with E-state index in [2.05, 4.69) is 22.5 Å². The minimum absolute atomic E-state index is 0. The molecule has 1 atom stereocenters. The summed E-state index contributed by atoms with van der Waals surface area (Å²) in [5.74, 6) is 0.101. The molecule has 0 aliphatic carbocycles. The Hall–Kier alpha value is -0.690. The second kappa shape index (κ2) is 6.17. The molecule has 0 saturated carbocycles. The molecule has 19 heavy (non-hydrogen) atoms. The minimum atomic E-state index is 0. The summed E-state index contributed by atoms with van der Waals surface area (Å²) in [6.07, 6.45) is 0.931. The van der Waals surface area contributed by atoms with Crippen LogP contribution in [0.1, 0.15) is 27.3 Å². The average molecular weight is 303 g/mol. The van der Waals surface area contributed by atoms with E-state index in [0.717, 1.165) is 44.8 Å². The number of nitrogens with one attached hydrogen (secondary N) is 2. The van der Waals surface area contributed by atoms with Gasteiger partial charge in [0, 0.05) is 50.1 Å². The van der Waals surface area contributed by atoms with Gasteiger partial charge in [-0.05, 0) is 6.92 Å². The SMILES string of the molecule is CC1Cc2nc(C(=O)N3CCNCC3)sc2CN1.Cl. The molecule has 1 amide bonds. The maximum Gasteiger partial charge on any atom is 0.282 e. The van der Waals surface area contributed by atoms with Gasteiger partial charge in [0.25, 0.3) is 5.91 Å². The highest BCUT2D eigenvalue weighted by atomic mass is 35.5. The van der Waals surface area contributed by atoms with Crippen LogP contribution in [0.3, 0.4) is 0 Å². The van der Waals surface area contributed by atoms with E-state index in [1.54, 1.807) is 11.3 Å². The number of carbonyl (C=O) groups excluding carboxylic acids is 1. The molecule has 1 unspecified atom stereocenters. The molecule has 1 aromatic rings. The Balaban J connectivity index is 0.00000133. The molecule has 0 spiro atoms. The van der Waals surface area contributed by atoms with Gasteiger partial charge >= 0.3 is 0 Å². The zero-order valence-corrected chi connectivity index (χ0v) is 12.6. The number of carbonyl (C=O) groups is 1. The summed E-state index contributed by atoms with van der Waals surface area (Å²) in [4.78, 5) is 20.0. The number of nitrogens with zero attached hydrogens (tertiary/aromatic N) is 2. The van der Waals surface area contributed by atoms with Crippen LogP contribution >= 0.6 is 23.7 Å². The maximum absolute atomic E-state index is 12.3. The van der Waals surface area contributed by atoms with Crippen molar-refractivity contribution in [3.05, 3.63) is 15.6 Å². The smallest absolute Gasteiger partial charge is 0.282 e. The first kappa shape index (κ1) is 14.7. The lowest BCUT2D eigenvalue weighted by Crippen LogP contribution is -2.46. The van der Waals surface area contributed by atoms with E-state index in [0.29, 0.717) is 11.0 Å². The highest BCUT2D eigenvalue weighted by molar-refractivity contribution is 7.13. The summed E-state index contributed by atoms with van der Waals surface area (Å²) in [6, 6.07) is 0.460. The number of hydrogen-bond donors (Lipinski definition) is 2. The number of hydrogen-bond acceptors (Lipinski definition) is 5. The molecular weight excluding hydrogens is 284 g/mol. The number of fused-ring (bicyclic) bond motifs is 1. The predicted octanol–water partition coefficient (Wildman–Crippen LogP) is 0.645.